The summed E-state index contributed by atoms with van der Waals surface area (Å²) in [6, 6.07) is 9.84. The molecular weight excluding hydrogens is 318 g/mol. The number of amides is 1. The third-order valence-electron chi connectivity index (χ3n) is 3.48. The van der Waals surface area contributed by atoms with E-state index in [0.717, 1.165) is 5.56 Å². The Morgan fingerprint density at radius 2 is 2.00 bits per heavy atom. The molecule has 1 aromatic heterocycles. The maximum Gasteiger partial charge on any atom is 0.410 e. The summed E-state index contributed by atoms with van der Waals surface area (Å²) in [4.78, 5) is 21.7. The van der Waals surface area contributed by atoms with E-state index < -0.39 is 0 Å². The second kappa shape index (κ2) is 7.28. The zero-order chi connectivity index (χ0) is 16.1. The minimum atomic E-state index is -0.336. The summed E-state index contributed by atoms with van der Waals surface area (Å²) in [7, 11) is 0. The minimum Gasteiger partial charge on any atom is -0.458 e. The van der Waals surface area contributed by atoms with Gasteiger partial charge in [-0.15, -0.1) is 0 Å². The van der Waals surface area contributed by atoms with E-state index in [1.165, 1.54) is 12.4 Å². The smallest absolute Gasteiger partial charge is 0.410 e. The van der Waals surface area contributed by atoms with Gasteiger partial charge in [0.15, 0.2) is 0 Å². The summed E-state index contributed by atoms with van der Waals surface area (Å²) in [5.41, 5.74) is 0.961. The van der Waals surface area contributed by atoms with Crippen LogP contribution in [-0.4, -0.2) is 40.2 Å². The number of aromatic nitrogens is 2. The molecule has 0 radical (unpaired) electrons. The summed E-state index contributed by atoms with van der Waals surface area (Å²) in [6.45, 7) is 1.31. The van der Waals surface area contributed by atoms with Gasteiger partial charge < -0.3 is 14.4 Å². The molecule has 0 bridgehead atoms. The number of carbonyl (C=O) groups excluding carboxylic acids is 1. The molecule has 0 aliphatic carbocycles. The van der Waals surface area contributed by atoms with Crippen molar-refractivity contribution in [3.63, 3.8) is 0 Å². The highest BCUT2D eigenvalue weighted by atomic mass is 35.5. The fourth-order valence-corrected chi connectivity index (χ4v) is 2.41. The molecule has 1 amide bonds. The molecule has 3 rings (SSSR count). The van der Waals surface area contributed by atoms with E-state index in [-0.39, 0.29) is 24.8 Å². The molecule has 6 nitrogen and oxygen atoms in total. The van der Waals surface area contributed by atoms with Gasteiger partial charge in [-0.1, -0.05) is 41.9 Å². The molecule has 1 aromatic carbocycles. The van der Waals surface area contributed by atoms with Crippen molar-refractivity contribution in [2.75, 3.05) is 13.1 Å². The van der Waals surface area contributed by atoms with Gasteiger partial charge in [0.2, 0.25) is 0 Å². The van der Waals surface area contributed by atoms with Crippen molar-refractivity contribution < 1.29 is 14.3 Å². The van der Waals surface area contributed by atoms with E-state index in [2.05, 4.69) is 9.97 Å². The normalized spacial score (nSPS) is 17.1. The van der Waals surface area contributed by atoms with Crippen LogP contribution in [0, 0.1) is 0 Å². The molecule has 1 aliphatic heterocycles. The van der Waals surface area contributed by atoms with Gasteiger partial charge in [-0.25, -0.2) is 14.8 Å². The predicted molar refractivity (Wildman–Crippen MR) is 84.3 cm³/mol. The van der Waals surface area contributed by atoms with Gasteiger partial charge in [0.25, 0.3) is 0 Å². The quantitative estimate of drug-likeness (QED) is 0.860. The van der Waals surface area contributed by atoms with Gasteiger partial charge in [0.1, 0.15) is 12.7 Å². The summed E-state index contributed by atoms with van der Waals surface area (Å²) in [5.74, 6) is 0. The fraction of sp³-hybridized carbons (Fsp3) is 0.312. The van der Waals surface area contributed by atoms with Gasteiger partial charge in [-0.3, -0.25) is 0 Å². The van der Waals surface area contributed by atoms with Gasteiger partial charge in [-0.2, -0.15) is 0 Å². The Hall–Kier alpha value is -2.34. The molecule has 2 heterocycles. The summed E-state index contributed by atoms with van der Waals surface area (Å²) in [6.07, 6.45) is 3.19. The molecule has 2 aromatic rings. The Bertz CT molecular complexity index is 651. The second-order valence-corrected chi connectivity index (χ2v) is 5.64. The molecule has 0 N–H and O–H groups in total. The number of benzene rings is 1. The van der Waals surface area contributed by atoms with Crippen LogP contribution in [0.3, 0.4) is 0 Å². The monoisotopic (exact) mass is 333 g/mol. The number of ether oxygens (including phenoxy) is 2. The first kappa shape index (κ1) is 15.6. The number of carbonyl (C=O) groups is 1. The molecule has 7 heteroatoms. The third-order valence-corrected chi connectivity index (χ3v) is 3.67. The first-order valence-corrected chi connectivity index (χ1v) is 7.68. The first-order chi connectivity index (χ1) is 11.2. The summed E-state index contributed by atoms with van der Waals surface area (Å²) >= 11 is 5.73. The first-order valence-electron chi connectivity index (χ1n) is 7.30. The second-order valence-electron chi connectivity index (χ2n) is 5.20. The lowest BCUT2D eigenvalue weighted by Crippen LogP contribution is -2.31. The van der Waals surface area contributed by atoms with E-state index in [4.69, 9.17) is 21.1 Å². The summed E-state index contributed by atoms with van der Waals surface area (Å²) < 4.78 is 11.0. The average Bonchev–Trinajstić information content (AvgIpc) is 3.04. The number of hydrogen-bond donors (Lipinski definition) is 0. The zero-order valence-electron chi connectivity index (χ0n) is 12.4. The van der Waals surface area contributed by atoms with E-state index in [0.29, 0.717) is 24.5 Å². The molecule has 1 aliphatic rings. The van der Waals surface area contributed by atoms with Crippen molar-refractivity contribution in [2.24, 2.45) is 0 Å². The molecule has 120 valence electrons. The van der Waals surface area contributed by atoms with Crippen LogP contribution in [0.25, 0.3) is 0 Å². The zero-order valence-corrected chi connectivity index (χ0v) is 13.1. The third kappa shape index (κ3) is 4.32. The fourth-order valence-electron chi connectivity index (χ4n) is 2.31. The lowest BCUT2D eigenvalue weighted by atomic mass is 10.2. The van der Waals surface area contributed by atoms with Crippen LogP contribution >= 0.6 is 11.6 Å². The van der Waals surface area contributed by atoms with E-state index in [9.17, 15) is 4.79 Å². The highest BCUT2D eigenvalue weighted by Crippen LogP contribution is 2.17. The van der Waals surface area contributed by atoms with Crippen molar-refractivity contribution in [2.45, 2.75) is 19.1 Å². The Morgan fingerprint density at radius 3 is 2.74 bits per heavy atom. The summed E-state index contributed by atoms with van der Waals surface area (Å²) in [5, 5.41) is 0.454. The molecule has 0 spiro atoms. The molecule has 0 saturated carbocycles. The van der Waals surface area contributed by atoms with Crippen molar-refractivity contribution in [3.05, 3.63) is 53.3 Å². The van der Waals surface area contributed by atoms with Crippen LogP contribution in [0.15, 0.2) is 42.7 Å². The molecule has 1 saturated heterocycles. The Morgan fingerprint density at radius 1 is 1.26 bits per heavy atom. The number of hydrogen-bond acceptors (Lipinski definition) is 5. The van der Waals surface area contributed by atoms with Gasteiger partial charge in [0, 0.05) is 13.0 Å². The van der Waals surface area contributed by atoms with Gasteiger partial charge in [-0.05, 0) is 5.56 Å². The Balaban J connectivity index is 1.47. The highest BCUT2D eigenvalue weighted by Gasteiger charge is 2.29. The van der Waals surface area contributed by atoms with Crippen molar-refractivity contribution in [1.29, 1.82) is 0 Å². The van der Waals surface area contributed by atoms with Crippen molar-refractivity contribution in [1.82, 2.24) is 14.9 Å². The molecule has 1 fully saturated rings. The molecular formula is C16H16ClN3O3. The standard InChI is InChI=1S/C16H16ClN3O3/c17-13-8-18-15(19-9-13)23-14-6-7-20(10-14)16(21)22-11-12-4-2-1-3-5-12/h1-5,8-9,14H,6-7,10-11H2/t14-/m1/s1. The van der Waals surface area contributed by atoms with Crippen LogP contribution < -0.4 is 4.74 Å². The number of halogens is 1. The Labute approximate surface area is 139 Å². The SMILES string of the molecule is O=C(OCc1ccccc1)N1CC[C@@H](Oc2ncc(Cl)cn2)C1. The lowest BCUT2D eigenvalue weighted by Gasteiger charge is -2.16. The molecule has 0 unspecified atom stereocenters. The van der Waals surface area contributed by atoms with E-state index >= 15 is 0 Å². The van der Waals surface area contributed by atoms with Crippen molar-refractivity contribution in [3.8, 4) is 6.01 Å². The Kier molecular flexibility index (Phi) is 4.92. The maximum atomic E-state index is 12.1. The maximum absolute atomic E-state index is 12.1. The minimum absolute atomic E-state index is 0.138. The number of nitrogens with zero attached hydrogens (tertiary/aromatic N) is 3. The van der Waals surface area contributed by atoms with E-state index in [1.54, 1.807) is 4.90 Å². The number of likely N-dealkylation sites (tertiary alicyclic amines) is 1. The highest BCUT2D eigenvalue weighted by molar-refractivity contribution is 6.30. The van der Waals surface area contributed by atoms with Gasteiger partial charge in [0.05, 0.1) is 24.0 Å². The molecule has 23 heavy (non-hydrogen) atoms. The van der Waals surface area contributed by atoms with Gasteiger partial charge >= 0.3 is 12.1 Å². The van der Waals surface area contributed by atoms with Crippen LogP contribution in [0.2, 0.25) is 5.02 Å². The molecule has 1 atom stereocenters. The topological polar surface area (TPSA) is 64.5 Å². The lowest BCUT2D eigenvalue weighted by molar-refractivity contribution is 0.0983. The largest absolute Gasteiger partial charge is 0.458 e. The van der Waals surface area contributed by atoms with Crippen LogP contribution in [0.4, 0.5) is 4.79 Å². The van der Waals surface area contributed by atoms with Crippen molar-refractivity contribution >= 4 is 17.7 Å². The predicted octanol–water partition coefficient (Wildman–Crippen LogP) is 2.92. The van der Waals surface area contributed by atoms with E-state index in [1.807, 2.05) is 30.3 Å². The number of rotatable bonds is 4. The van der Waals surface area contributed by atoms with Crippen LogP contribution in [-0.2, 0) is 11.3 Å². The average molecular weight is 334 g/mol. The van der Waals surface area contributed by atoms with Crippen LogP contribution in [0.5, 0.6) is 6.01 Å². The van der Waals surface area contributed by atoms with Crippen LogP contribution in [0.1, 0.15) is 12.0 Å².